The highest BCUT2D eigenvalue weighted by molar-refractivity contribution is 5.85. The molecule has 2 heterocycles. The van der Waals surface area contributed by atoms with Gasteiger partial charge in [-0.25, -0.2) is 4.98 Å². The Morgan fingerprint density at radius 1 is 1.31 bits per heavy atom. The van der Waals surface area contributed by atoms with E-state index in [1.54, 1.807) is 0 Å². The summed E-state index contributed by atoms with van der Waals surface area (Å²) in [6.45, 7) is 2.74. The van der Waals surface area contributed by atoms with Crippen LogP contribution in [0.2, 0.25) is 0 Å². The summed E-state index contributed by atoms with van der Waals surface area (Å²) in [6, 6.07) is 4.32. The predicted octanol–water partition coefficient (Wildman–Crippen LogP) is 2.23. The van der Waals surface area contributed by atoms with Gasteiger partial charge in [0.15, 0.2) is 0 Å². The monoisotopic (exact) mass is 261 g/mol. The Morgan fingerprint density at radius 3 is 2.62 bits per heavy atom. The van der Waals surface area contributed by atoms with Crippen molar-refractivity contribution in [2.75, 3.05) is 6.54 Å². The zero-order chi connectivity index (χ0) is 10.1. The van der Waals surface area contributed by atoms with Crippen LogP contribution in [0.15, 0.2) is 18.3 Å². The number of hydrogen-bond donors (Lipinski definition) is 1. The lowest BCUT2D eigenvalue weighted by atomic mass is 10.2. The van der Waals surface area contributed by atoms with E-state index in [0.29, 0.717) is 6.54 Å². The Bertz CT molecular complexity index is 465. The van der Waals surface area contributed by atoms with Gasteiger partial charge in [0.2, 0.25) is 0 Å². The van der Waals surface area contributed by atoms with Crippen LogP contribution in [-0.2, 0) is 13.5 Å². The fourth-order valence-electron chi connectivity index (χ4n) is 1.77. The van der Waals surface area contributed by atoms with Gasteiger partial charge in [-0.3, -0.25) is 0 Å². The molecule has 0 unspecified atom stereocenters. The summed E-state index contributed by atoms with van der Waals surface area (Å²) >= 11 is 0. The van der Waals surface area contributed by atoms with E-state index in [1.165, 1.54) is 16.6 Å². The van der Waals surface area contributed by atoms with Crippen LogP contribution in [0.1, 0.15) is 11.3 Å². The van der Waals surface area contributed by atoms with Crippen molar-refractivity contribution in [2.24, 2.45) is 12.8 Å². The van der Waals surface area contributed by atoms with Crippen molar-refractivity contribution in [1.29, 1.82) is 0 Å². The van der Waals surface area contributed by atoms with Crippen LogP contribution in [0.4, 0.5) is 0 Å². The van der Waals surface area contributed by atoms with Gasteiger partial charge in [-0.1, -0.05) is 0 Å². The number of fused-ring (bicyclic) bond motifs is 1. The average Bonchev–Trinajstić information content (AvgIpc) is 2.44. The Morgan fingerprint density at radius 2 is 2.00 bits per heavy atom. The zero-order valence-corrected chi connectivity index (χ0v) is 11.1. The lowest BCUT2D eigenvalue weighted by Crippen LogP contribution is -2.06. The Hall–Kier alpha value is -0.770. The average molecular weight is 262 g/mol. The molecule has 0 bridgehead atoms. The Labute approximate surface area is 108 Å². The number of hydrogen-bond acceptors (Lipinski definition) is 2. The first kappa shape index (κ1) is 15.2. The van der Waals surface area contributed by atoms with E-state index in [0.717, 1.165) is 12.1 Å². The number of aromatic nitrogens is 2. The van der Waals surface area contributed by atoms with Crippen molar-refractivity contribution in [2.45, 2.75) is 13.3 Å². The molecule has 0 amide bonds. The van der Waals surface area contributed by atoms with Crippen molar-refractivity contribution >= 4 is 35.8 Å². The Balaban J connectivity index is 0.00000112. The Kier molecular flexibility index (Phi) is 5.79. The van der Waals surface area contributed by atoms with Crippen LogP contribution in [0, 0.1) is 6.92 Å². The molecule has 2 N–H and O–H groups in total. The summed E-state index contributed by atoms with van der Waals surface area (Å²) in [4.78, 5) is 4.41. The highest BCUT2D eigenvalue weighted by Gasteiger charge is 2.05. The minimum atomic E-state index is 0. The minimum absolute atomic E-state index is 0. The fourth-order valence-corrected chi connectivity index (χ4v) is 1.77. The van der Waals surface area contributed by atoms with Crippen molar-refractivity contribution in [3.8, 4) is 0 Å². The second-order valence-corrected chi connectivity index (χ2v) is 3.66. The van der Waals surface area contributed by atoms with Crippen LogP contribution in [0.25, 0.3) is 11.0 Å². The second kappa shape index (κ2) is 6.09. The van der Waals surface area contributed by atoms with Crippen LogP contribution < -0.4 is 5.73 Å². The molecule has 0 atom stereocenters. The van der Waals surface area contributed by atoms with E-state index in [1.807, 2.05) is 13.2 Å². The van der Waals surface area contributed by atoms with Crippen LogP contribution in [0.3, 0.4) is 0 Å². The molecule has 0 aliphatic heterocycles. The molecule has 0 spiro atoms. The standard InChI is InChI=1S/C11H15N3.2ClH/c1-8-5-9-6-10(3-4-12)14(2)11(9)13-7-8;;/h5-7H,3-4,12H2,1-2H3;2*1H. The molecule has 0 aliphatic carbocycles. The number of nitrogens with two attached hydrogens (primary N) is 1. The lowest BCUT2D eigenvalue weighted by molar-refractivity contribution is 0.819. The first-order valence-corrected chi connectivity index (χ1v) is 4.83. The highest BCUT2D eigenvalue weighted by Crippen LogP contribution is 2.17. The van der Waals surface area contributed by atoms with Gasteiger partial charge < -0.3 is 10.3 Å². The topological polar surface area (TPSA) is 43.8 Å². The zero-order valence-electron chi connectivity index (χ0n) is 9.43. The van der Waals surface area contributed by atoms with Gasteiger partial charge >= 0.3 is 0 Å². The summed E-state index contributed by atoms with van der Waals surface area (Å²) in [7, 11) is 2.04. The van der Waals surface area contributed by atoms with Crippen LogP contribution >= 0.6 is 24.8 Å². The van der Waals surface area contributed by atoms with Gasteiger partial charge in [-0.2, -0.15) is 0 Å². The molecule has 16 heavy (non-hydrogen) atoms. The molecule has 0 aliphatic rings. The number of halogens is 2. The summed E-state index contributed by atoms with van der Waals surface area (Å²) < 4.78 is 2.11. The normalized spacial score (nSPS) is 9.69. The quantitative estimate of drug-likeness (QED) is 0.901. The van der Waals surface area contributed by atoms with Crippen molar-refractivity contribution in [3.05, 3.63) is 29.6 Å². The number of pyridine rings is 1. The lowest BCUT2D eigenvalue weighted by Gasteiger charge is -2.00. The third-order valence-corrected chi connectivity index (χ3v) is 2.50. The summed E-state index contributed by atoms with van der Waals surface area (Å²) in [6.07, 6.45) is 2.81. The van der Waals surface area contributed by atoms with E-state index in [4.69, 9.17) is 5.73 Å². The molecule has 2 aromatic rings. The van der Waals surface area contributed by atoms with Crippen LogP contribution in [-0.4, -0.2) is 16.1 Å². The van der Waals surface area contributed by atoms with Gasteiger partial charge in [-0.15, -0.1) is 24.8 Å². The summed E-state index contributed by atoms with van der Waals surface area (Å²) in [5.41, 5.74) is 9.04. The van der Waals surface area contributed by atoms with Gasteiger partial charge in [0, 0.05) is 24.3 Å². The largest absolute Gasteiger partial charge is 0.333 e. The van der Waals surface area contributed by atoms with E-state index in [2.05, 4.69) is 28.6 Å². The van der Waals surface area contributed by atoms with Crippen LogP contribution in [0.5, 0.6) is 0 Å². The predicted molar refractivity (Wildman–Crippen MR) is 72.7 cm³/mol. The molecular weight excluding hydrogens is 245 g/mol. The maximum atomic E-state index is 5.55. The molecule has 0 radical (unpaired) electrons. The van der Waals surface area contributed by atoms with E-state index < -0.39 is 0 Å². The van der Waals surface area contributed by atoms with Gasteiger partial charge in [-0.05, 0) is 37.6 Å². The summed E-state index contributed by atoms with van der Waals surface area (Å²) in [5, 5.41) is 1.20. The molecule has 2 aromatic heterocycles. The third kappa shape index (κ3) is 2.67. The van der Waals surface area contributed by atoms with E-state index in [9.17, 15) is 0 Å². The molecular formula is C11H17Cl2N3. The van der Waals surface area contributed by atoms with Crippen molar-refractivity contribution < 1.29 is 0 Å². The van der Waals surface area contributed by atoms with Gasteiger partial charge in [0.1, 0.15) is 5.65 Å². The van der Waals surface area contributed by atoms with Gasteiger partial charge in [0.05, 0.1) is 0 Å². The highest BCUT2D eigenvalue weighted by atomic mass is 35.5. The molecule has 0 saturated heterocycles. The molecule has 0 saturated carbocycles. The molecule has 2 rings (SSSR count). The number of nitrogens with zero attached hydrogens (tertiary/aromatic N) is 2. The smallest absolute Gasteiger partial charge is 0.139 e. The van der Waals surface area contributed by atoms with E-state index >= 15 is 0 Å². The molecule has 5 heteroatoms. The molecule has 0 aromatic carbocycles. The first-order chi connectivity index (χ1) is 6.72. The number of aryl methyl sites for hydroxylation is 2. The van der Waals surface area contributed by atoms with E-state index in [-0.39, 0.29) is 24.8 Å². The van der Waals surface area contributed by atoms with Gasteiger partial charge in [0.25, 0.3) is 0 Å². The second-order valence-electron chi connectivity index (χ2n) is 3.66. The molecule has 90 valence electrons. The molecule has 0 fully saturated rings. The first-order valence-electron chi connectivity index (χ1n) is 4.83. The number of rotatable bonds is 2. The maximum absolute atomic E-state index is 5.55. The molecule has 3 nitrogen and oxygen atoms in total. The minimum Gasteiger partial charge on any atom is -0.333 e. The van der Waals surface area contributed by atoms with Crippen molar-refractivity contribution in [3.63, 3.8) is 0 Å². The third-order valence-electron chi connectivity index (χ3n) is 2.50. The van der Waals surface area contributed by atoms with Crippen molar-refractivity contribution in [1.82, 2.24) is 9.55 Å². The SMILES string of the molecule is Cc1cnc2c(c1)cc(CCN)n2C.Cl.Cl. The summed E-state index contributed by atoms with van der Waals surface area (Å²) in [5.74, 6) is 0. The fraction of sp³-hybridized carbons (Fsp3) is 0.364. The maximum Gasteiger partial charge on any atom is 0.139 e.